The molecule has 0 spiro atoms. The minimum Gasteiger partial charge on any atom is -0.352 e. The van der Waals surface area contributed by atoms with E-state index in [1.54, 1.807) is 18.4 Å². The molecule has 2 heterocycles. The topological polar surface area (TPSA) is 39.7 Å². The summed E-state index contributed by atoms with van der Waals surface area (Å²) in [6.07, 6.45) is -3.44. The molecular weight excluding hydrogens is 313 g/mol. The first kappa shape index (κ1) is 17.1. The zero-order valence-corrected chi connectivity index (χ0v) is 13.5. The average Bonchev–Trinajstić information content (AvgIpc) is 3.02. The lowest BCUT2D eigenvalue weighted by atomic mass is 10.2. The molecule has 0 aliphatic carbocycles. The molecule has 1 aromatic heterocycles. The zero-order chi connectivity index (χ0) is 16.2. The van der Waals surface area contributed by atoms with Gasteiger partial charge < -0.3 is 10.6 Å². The smallest absolute Gasteiger partial charge is 0.352 e. The predicted octanol–water partition coefficient (Wildman–Crippen LogP) is 2.36. The van der Waals surface area contributed by atoms with Gasteiger partial charge in [-0.3, -0.25) is 9.89 Å². The van der Waals surface area contributed by atoms with Crippen LogP contribution in [0.1, 0.15) is 16.9 Å². The van der Waals surface area contributed by atoms with Gasteiger partial charge in [0, 0.05) is 31.1 Å². The quantitative estimate of drug-likeness (QED) is 0.656. The van der Waals surface area contributed by atoms with Crippen LogP contribution >= 0.6 is 11.3 Å². The molecule has 4 nitrogen and oxygen atoms in total. The number of aryl methyl sites for hydroxylation is 1. The predicted molar refractivity (Wildman–Crippen MR) is 83.3 cm³/mol. The van der Waals surface area contributed by atoms with Crippen LogP contribution in [0.5, 0.6) is 0 Å². The van der Waals surface area contributed by atoms with Crippen molar-refractivity contribution < 1.29 is 13.2 Å². The number of aliphatic imine (C=N–C) groups is 1. The lowest BCUT2D eigenvalue weighted by Gasteiger charge is -2.19. The summed E-state index contributed by atoms with van der Waals surface area (Å²) in [6, 6.07) is 2.06. The van der Waals surface area contributed by atoms with E-state index >= 15 is 0 Å². The lowest BCUT2D eigenvalue weighted by Crippen LogP contribution is -2.44. The third kappa shape index (κ3) is 5.17. The van der Waals surface area contributed by atoms with Gasteiger partial charge in [-0.05, 0) is 30.4 Å². The third-order valence-electron chi connectivity index (χ3n) is 3.62. The fraction of sp³-hybridized carbons (Fsp3) is 0.643. The Kier molecular flexibility index (Phi) is 5.69. The fourth-order valence-corrected chi connectivity index (χ4v) is 3.33. The van der Waals surface area contributed by atoms with E-state index in [2.05, 4.69) is 28.6 Å². The molecule has 1 aliphatic rings. The molecule has 0 amide bonds. The minimum atomic E-state index is -4.13. The summed E-state index contributed by atoms with van der Waals surface area (Å²) < 4.78 is 37.1. The molecule has 1 saturated heterocycles. The molecule has 2 N–H and O–H groups in total. The first-order chi connectivity index (χ1) is 10.4. The molecule has 0 saturated carbocycles. The Hall–Kier alpha value is -1.28. The number of nitrogens with one attached hydrogen (secondary N) is 2. The van der Waals surface area contributed by atoms with Gasteiger partial charge in [-0.25, -0.2) is 0 Å². The standard InChI is InChI=1S/C14H21F3N4S/c1-10-4-6-22-12(10)7-19-13(18-2)20-11-3-5-21(8-11)9-14(15,16)17/h4,6,11H,3,5,7-9H2,1-2H3,(H2,18,19,20). The molecule has 8 heteroatoms. The maximum Gasteiger partial charge on any atom is 0.401 e. The Morgan fingerprint density at radius 2 is 2.27 bits per heavy atom. The molecule has 1 unspecified atom stereocenters. The van der Waals surface area contributed by atoms with Crippen molar-refractivity contribution in [3.05, 3.63) is 21.9 Å². The maximum absolute atomic E-state index is 12.4. The summed E-state index contributed by atoms with van der Waals surface area (Å²) in [7, 11) is 1.67. The average molecular weight is 334 g/mol. The second-order valence-corrected chi connectivity index (χ2v) is 6.43. The van der Waals surface area contributed by atoms with E-state index in [0.717, 1.165) is 0 Å². The summed E-state index contributed by atoms with van der Waals surface area (Å²) in [4.78, 5) is 6.79. The van der Waals surface area contributed by atoms with Crippen molar-refractivity contribution in [3.8, 4) is 0 Å². The summed E-state index contributed by atoms with van der Waals surface area (Å²) >= 11 is 1.67. The molecule has 0 bridgehead atoms. The second-order valence-electron chi connectivity index (χ2n) is 5.43. The summed E-state index contributed by atoms with van der Waals surface area (Å²) in [5, 5.41) is 8.45. The van der Waals surface area contributed by atoms with E-state index in [1.807, 2.05) is 5.38 Å². The summed E-state index contributed by atoms with van der Waals surface area (Å²) in [5.74, 6) is 0.631. The Morgan fingerprint density at radius 1 is 1.50 bits per heavy atom. The Balaban J connectivity index is 1.78. The highest BCUT2D eigenvalue weighted by molar-refractivity contribution is 7.10. The normalized spacial score (nSPS) is 20.4. The van der Waals surface area contributed by atoms with Crippen LogP contribution in [0.15, 0.2) is 16.4 Å². The fourth-order valence-electron chi connectivity index (χ4n) is 2.48. The molecule has 0 aromatic carbocycles. The van der Waals surface area contributed by atoms with Crippen LogP contribution in [-0.2, 0) is 6.54 Å². The van der Waals surface area contributed by atoms with Crippen molar-refractivity contribution in [2.75, 3.05) is 26.7 Å². The molecule has 1 atom stereocenters. The highest BCUT2D eigenvalue weighted by Gasteiger charge is 2.34. The van der Waals surface area contributed by atoms with E-state index in [-0.39, 0.29) is 6.04 Å². The molecule has 0 radical (unpaired) electrons. The van der Waals surface area contributed by atoms with Gasteiger partial charge in [0.05, 0.1) is 13.1 Å². The lowest BCUT2D eigenvalue weighted by molar-refractivity contribution is -0.143. The second kappa shape index (κ2) is 7.32. The Morgan fingerprint density at radius 3 is 2.86 bits per heavy atom. The minimum absolute atomic E-state index is 0.00187. The van der Waals surface area contributed by atoms with Crippen LogP contribution in [0, 0.1) is 6.92 Å². The van der Waals surface area contributed by atoms with E-state index in [0.29, 0.717) is 32.0 Å². The van der Waals surface area contributed by atoms with Gasteiger partial charge in [-0.1, -0.05) is 0 Å². The highest BCUT2D eigenvalue weighted by Crippen LogP contribution is 2.20. The van der Waals surface area contributed by atoms with Crippen LogP contribution < -0.4 is 10.6 Å². The van der Waals surface area contributed by atoms with Crippen LogP contribution in [0.3, 0.4) is 0 Å². The largest absolute Gasteiger partial charge is 0.401 e. The number of halogens is 3. The number of nitrogens with zero attached hydrogens (tertiary/aromatic N) is 2. The number of likely N-dealkylation sites (tertiary alicyclic amines) is 1. The molecule has 1 aliphatic heterocycles. The van der Waals surface area contributed by atoms with Crippen LogP contribution in [-0.4, -0.2) is 49.8 Å². The number of rotatable bonds is 4. The van der Waals surface area contributed by atoms with E-state index in [9.17, 15) is 13.2 Å². The molecule has 124 valence electrons. The van der Waals surface area contributed by atoms with Crippen LogP contribution in [0.25, 0.3) is 0 Å². The first-order valence-corrected chi connectivity index (χ1v) is 8.04. The van der Waals surface area contributed by atoms with Gasteiger partial charge in [0.15, 0.2) is 5.96 Å². The third-order valence-corrected chi connectivity index (χ3v) is 4.65. The number of hydrogen-bond acceptors (Lipinski definition) is 3. The number of guanidine groups is 1. The van der Waals surface area contributed by atoms with Crippen LogP contribution in [0.2, 0.25) is 0 Å². The van der Waals surface area contributed by atoms with Crippen molar-refractivity contribution in [2.45, 2.75) is 32.1 Å². The highest BCUT2D eigenvalue weighted by atomic mass is 32.1. The zero-order valence-electron chi connectivity index (χ0n) is 12.7. The maximum atomic E-state index is 12.4. The van der Waals surface area contributed by atoms with Crippen molar-refractivity contribution >= 4 is 17.3 Å². The SMILES string of the molecule is CN=C(NCc1sccc1C)NC1CCN(CC(F)(F)F)C1. The number of hydrogen-bond donors (Lipinski definition) is 2. The van der Waals surface area contributed by atoms with Crippen LogP contribution in [0.4, 0.5) is 13.2 Å². The van der Waals surface area contributed by atoms with Gasteiger partial charge in [0.1, 0.15) is 0 Å². The molecule has 2 rings (SSSR count). The van der Waals surface area contributed by atoms with E-state index < -0.39 is 12.7 Å². The number of thiophene rings is 1. The summed E-state index contributed by atoms with van der Waals surface area (Å²) in [6.45, 7) is 2.72. The van der Waals surface area contributed by atoms with E-state index in [4.69, 9.17) is 0 Å². The first-order valence-electron chi connectivity index (χ1n) is 7.16. The molecule has 1 aromatic rings. The van der Waals surface area contributed by atoms with Crippen molar-refractivity contribution in [3.63, 3.8) is 0 Å². The van der Waals surface area contributed by atoms with Gasteiger partial charge in [0.2, 0.25) is 0 Å². The van der Waals surface area contributed by atoms with Crippen molar-refractivity contribution in [2.24, 2.45) is 4.99 Å². The molecular formula is C14H21F3N4S. The van der Waals surface area contributed by atoms with Crippen molar-refractivity contribution in [1.29, 1.82) is 0 Å². The number of alkyl halides is 3. The molecule has 22 heavy (non-hydrogen) atoms. The van der Waals surface area contributed by atoms with Gasteiger partial charge >= 0.3 is 6.18 Å². The van der Waals surface area contributed by atoms with Crippen molar-refractivity contribution in [1.82, 2.24) is 15.5 Å². The van der Waals surface area contributed by atoms with E-state index in [1.165, 1.54) is 15.3 Å². The Bertz CT molecular complexity index is 512. The monoisotopic (exact) mass is 334 g/mol. The molecule has 1 fully saturated rings. The van der Waals surface area contributed by atoms with Gasteiger partial charge in [0.25, 0.3) is 0 Å². The van der Waals surface area contributed by atoms with Gasteiger partial charge in [-0.2, -0.15) is 13.2 Å². The summed E-state index contributed by atoms with van der Waals surface area (Å²) in [5.41, 5.74) is 1.23. The van der Waals surface area contributed by atoms with Gasteiger partial charge in [-0.15, -0.1) is 11.3 Å². The Labute approximate surface area is 132 Å².